The van der Waals surface area contributed by atoms with Crippen molar-refractivity contribution in [3.05, 3.63) is 31.3 Å². The van der Waals surface area contributed by atoms with Crippen molar-refractivity contribution in [1.82, 2.24) is 9.13 Å². The normalized spacial score (nSPS) is 12.6. The fourth-order valence-electron chi connectivity index (χ4n) is 2.83. The van der Waals surface area contributed by atoms with Crippen molar-refractivity contribution in [2.75, 3.05) is 0 Å². The number of aryl methyl sites for hydroxylation is 2. The SMILES string of the molecule is CCn1c(=O)c2c(C)c(CC(=O)OC(C)(C)C)sc2n(CCC(F)(F)F)c1=O. The molecule has 0 aromatic carbocycles. The molecule has 2 aromatic rings. The lowest BCUT2D eigenvalue weighted by molar-refractivity contribution is -0.153. The second-order valence-electron chi connectivity index (χ2n) is 7.44. The van der Waals surface area contributed by atoms with Gasteiger partial charge >= 0.3 is 17.8 Å². The van der Waals surface area contributed by atoms with E-state index in [1.165, 1.54) is 0 Å². The minimum atomic E-state index is -4.44. The largest absolute Gasteiger partial charge is 0.460 e. The van der Waals surface area contributed by atoms with Crippen molar-refractivity contribution in [2.24, 2.45) is 0 Å². The van der Waals surface area contributed by atoms with Gasteiger partial charge in [-0.3, -0.25) is 18.7 Å². The predicted octanol–water partition coefficient (Wildman–Crippen LogP) is 3.39. The molecule has 2 rings (SSSR count). The Balaban J connectivity index is 2.61. The molecule has 28 heavy (non-hydrogen) atoms. The van der Waals surface area contributed by atoms with Gasteiger partial charge in [0, 0.05) is 18.0 Å². The van der Waals surface area contributed by atoms with Crippen molar-refractivity contribution in [1.29, 1.82) is 0 Å². The average Bonchev–Trinajstić information content (AvgIpc) is 2.81. The topological polar surface area (TPSA) is 70.3 Å². The number of alkyl halides is 3. The van der Waals surface area contributed by atoms with E-state index in [1.54, 1.807) is 34.6 Å². The number of hydrogen-bond donors (Lipinski definition) is 0. The molecule has 0 unspecified atom stereocenters. The van der Waals surface area contributed by atoms with Gasteiger partial charge in [-0.1, -0.05) is 0 Å². The van der Waals surface area contributed by atoms with Crippen LogP contribution in [0.4, 0.5) is 13.2 Å². The van der Waals surface area contributed by atoms with Gasteiger partial charge in [-0.05, 0) is 40.2 Å². The van der Waals surface area contributed by atoms with Gasteiger partial charge < -0.3 is 4.74 Å². The lowest BCUT2D eigenvalue weighted by Gasteiger charge is -2.19. The standard InChI is InChI=1S/C18H23F3N2O4S/c1-6-22-14(25)13-10(2)11(9-12(24)27-17(3,4)5)28-15(13)23(16(22)26)8-7-18(19,20)21/h6-9H2,1-5H3. The molecule has 0 N–H and O–H groups in total. The smallest absolute Gasteiger partial charge is 0.390 e. The summed E-state index contributed by atoms with van der Waals surface area (Å²) in [6.07, 6.45) is -5.76. The maximum absolute atomic E-state index is 12.7. The van der Waals surface area contributed by atoms with Crippen LogP contribution in [0.3, 0.4) is 0 Å². The third-order valence-electron chi connectivity index (χ3n) is 4.05. The highest BCUT2D eigenvalue weighted by molar-refractivity contribution is 7.19. The number of fused-ring (bicyclic) bond motifs is 1. The molecule has 6 nitrogen and oxygen atoms in total. The zero-order valence-electron chi connectivity index (χ0n) is 16.4. The van der Waals surface area contributed by atoms with Gasteiger partial charge in [0.1, 0.15) is 10.4 Å². The van der Waals surface area contributed by atoms with Crippen molar-refractivity contribution in [2.45, 2.75) is 72.3 Å². The van der Waals surface area contributed by atoms with Crippen molar-refractivity contribution in [3.8, 4) is 0 Å². The molecule has 0 radical (unpaired) electrons. The lowest BCUT2D eigenvalue weighted by Crippen LogP contribution is -2.39. The molecule has 2 heterocycles. The van der Waals surface area contributed by atoms with E-state index in [4.69, 9.17) is 4.74 Å². The lowest BCUT2D eigenvalue weighted by atomic mass is 10.1. The van der Waals surface area contributed by atoms with Crippen LogP contribution in [0.1, 0.15) is 44.6 Å². The number of carbonyl (C=O) groups excluding carboxylic acids is 1. The van der Waals surface area contributed by atoms with Crippen molar-refractivity contribution < 1.29 is 22.7 Å². The molecule has 0 saturated heterocycles. The summed E-state index contributed by atoms with van der Waals surface area (Å²) in [6.45, 7) is 7.80. The van der Waals surface area contributed by atoms with Crippen molar-refractivity contribution in [3.63, 3.8) is 0 Å². The third kappa shape index (κ3) is 4.84. The number of ether oxygens (including phenoxy) is 1. The van der Waals surface area contributed by atoms with Crippen LogP contribution in [-0.2, 0) is 29.0 Å². The summed E-state index contributed by atoms with van der Waals surface area (Å²) >= 11 is 0.984. The van der Waals surface area contributed by atoms with E-state index in [-0.39, 0.29) is 23.2 Å². The Morgan fingerprint density at radius 1 is 1.14 bits per heavy atom. The van der Waals surface area contributed by atoms with E-state index in [9.17, 15) is 27.6 Å². The summed E-state index contributed by atoms with van der Waals surface area (Å²) in [7, 11) is 0. The van der Waals surface area contributed by atoms with E-state index in [1.807, 2.05) is 0 Å². The number of thiophene rings is 1. The molecule has 0 bridgehead atoms. The van der Waals surface area contributed by atoms with Crippen LogP contribution < -0.4 is 11.2 Å². The predicted molar refractivity (Wildman–Crippen MR) is 101 cm³/mol. The molecule has 0 saturated carbocycles. The minimum Gasteiger partial charge on any atom is -0.460 e. The Kier molecular flexibility index (Phi) is 6.13. The Hall–Kier alpha value is -2.10. The molecule has 0 atom stereocenters. The highest BCUT2D eigenvalue weighted by Gasteiger charge is 2.29. The summed E-state index contributed by atoms with van der Waals surface area (Å²) in [5.41, 5.74) is -1.55. The van der Waals surface area contributed by atoms with E-state index < -0.39 is 42.0 Å². The molecule has 0 aliphatic rings. The number of nitrogens with zero attached hydrogens (tertiary/aromatic N) is 2. The molecule has 10 heteroatoms. The molecular formula is C18H23F3N2O4S. The first-order chi connectivity index (χ1) is 12.7. The first-order valence-corrected chi connectivity index (χ1v) is 9.61. The first kappa shape index (κ1) is 22.2. The molecular weight excluding hydrogens is 397 g/mol. The second kappa shape index (κ2) is 7.73. The first-order valence-electron chi connectivity index (χ1n) is 8.79. The van der Waals surface area contributed by atoms with Crippen molar-refractivity contribution >= 4 is 27.5 Å². The zero-order valence-corrected chi connectivity index (χ0v) is 17.2. The van der Waals surface area contributed by atoms with Gasteiger partial charge in [0.2, 0.25) is 0 Å². The molecule has 0 amide bonds. The number of esters is 1. The van der Waals surface area contributed by atoms with E-state index in [0.717, 1.165) is 20.5 Å². The Morgan fingerprint density at radius 3 is 2.25 bits per heavy atom. The molecule has 156 valence electrons. The van der Waals surface area contributed by atoms with Gasteiger partial charge in [0.15, 0.2) is 0 Å². The average molecular weight is 420 g/mol. The van der Waals surface area contributed by atoms with E-state index >= 15 is 0 Å². The number of hydrogen-bond acceptors (Lipinski definition) is 5. The Labute approximate surface area is 163 Å². The zero-order chi connectivity index (χ0) is 21.4. The Morgan fingerprint density at radius 2 is 1.75 bits per heavy atom. The summed E-state index contributed by atoms with van der Waals surface area (Å²) in [5.74, 6) is -0.512. The maximum atomic E-state index is 12.7. The van der Waals surface area contributed by atoms with E-state index in [2.05, 4.69) is 0 Å². The molecule has 0 spiro atoms. The van der Waals surface area contributed by atoms with Crippen LogP contribution in [0.15, 0.2) is 9.59 Å². The highest BCUT2D eigenvalue weighted by Crippen LogP contribution is 2.30. The van der Waals surface area contributed by atoms with Gasteiger partial charge in [0.25, 0.3) is 5.56 Å². The van der Waals surface area contributed by atoms with Crippen LogP contribution >= 0.6 is 11.3 Å². The van der Waals surface area contributed by atoms with Gasteiger partial charge in [-0.2, -0.15) is 13.2 Å². The van der Waals surface area contributed by atoms with Crippen LogP contribution in [0, 0.1) is 6.92 Å². The van der Waals surface area contributed by atoms with Crippen LogP contribution in [0.2, 0.25) is 0 Å². The van der Waals surface area contributed by atoms with Crippen LogP contribution in [0.5, 0.6) is 0 Å². The minimum absolute atomic E-state index is 0.0380. The molecule has 0 fully saturated rings. The highest BCUT2D eigenvalue weighted by atomic mass is 32.1. The van der Waals surface area contributed by atoms with Crippen LogP contribution in [-0.4, -0.2) is 26.9 Å². The van der Waals surface area contributed by atoms with Crippen LogP contribution in [0.25, 0.3) is 10.2 Å². The summed E-state index contributed by atoms with van der Waals surface area (Å²) in [5, 5.41) is 0.173. The summed E-state index contributed by atoms with van der Waals surface area (Å²) < 4.78 is 45.3. The quantitative estimate of drug-likeness (QED) is 0.696. The van der Waals surface area contributed by atoms with Gasteiger partial charge in [-0.25, -0.2) is 4.79 Å². The molecule has 0 aliphatic carbocycles. The molecule has 0 aliphatic heterocycles. The number of carbonyl (C=O) groups is 1. The number of halogens is 3. The fourth-order valence-corrected chi connectivity index (χ4v) is 4.13. The Bertz CT molecular complexity index is 1010. The number of rotatable bonds is 5. The summed E-state index contributed by atoms with van der Waals surface area (Å²) in [6, 6.07) is 0. The summed E-state index contributed by atoms with van der Waals surface area (Å²) in [4.78, 5) is 38.1. The third-order valence-corrected chi connectivity index (χ3v) is 5.37. The molecule has 2 aromatic heterocycles. The monoisotopic (exact) mass is 420 g/mol. The second-order valence-corrected chi connectivity index (χ2v) is 8.53. The number of aromatic nitrogens is 2. The maximum Gasteiger partial charge on any atom is 0.390 e. The fraction of sp³-hybridized carbons (Fsp3) is 0.611. The van der Waals surface area contributed by atoms with Gasteiger partial charge in [-0.15, -0.1) is 11.3 Å². The van der Waals surface area contributed by atoms with Gasteiger partial charge in [0.05, 0.1) is 18.2 Å². The van der Waals surface area contributed by atoms with E-state index in [0.29, 0.717) is 10.4 Å².